The molecule has 0 aliphatic carbocycles. The number of benzene rings is 2. The summed E-state index contributed by atoms with van der Waals surface area (Å²) in [7, 11) is -3.95. The maximum Gasteiger partial charge on any atom is 0.284 e. The van der Waals surface area contributed by atoms with Crippen molar-refractivity contribution >= 4 is 44.6 Å². The number of amidine groups is 1. The monoisotopic (exact) mass is 417 g/mol. The second-order valence-electron chi connectivity index (χ2n) is 5.67. The standard InChI is InChI=1S/C18H15N3O5S2/c1-2-20-17(22)16(12-13-8-10-14(11-9-13)21(23)24)27-18(20)19-28(25,26)15-6-4-3-5-7-15/h3-12H,2H2,1H3. The van der Waals surface area contributed by atoms with E-state index in [-0.39, 0.29) is 33.1 Å². The lowest BCUT2D eigenvalue weighted by Gasteiger charge is -2.11. The van der Waals surface area contributed by atoms with Crippen LogP contribution in [0.2, 0.25) is 0 Å². The smallest absolute Gasteiger partial charge is 0.284 e. The Morgan fingerprint density at radius 3 is 2.36 bits per heavy atom. The van der Waals surface area contributed by atoms with E-state index < -0.39 is 14.9 Å². The lowest BCUT2D eigenvalue weighted by Crippen LogP contribution is -2.29. The first-order valence-electron chi connectivity index (χ1n) is 8.17. The van der Waals surface area contributed by atoms with Gasteiger partial charge in [-0.3, -0.25) is 19.8 Å². The zero-order chi connectivity index (χ0) is 20.3. The number of likely N-dealkylation sites (N-methyl/N-ethyl adjacent to an activating group) is 1. The maximum atomic E-state index is 12.6. The third-order valence-corrected chi connectivity index (χ3v) is 6.25. The van der Waals surface area contributed by atoms with Gasteiger partial charge >= 0.3 is 0 Å². The molecule has 8 nitrogen and oxygen atoms in total. The molecule has 1 saturated heterocycles. The van der Waals surface area contributed by atoms with Gasteiger partial charge in [0.05, 0.1) is 14.7 Å². The minimum atomic E-state index is -3.95. The summed E-state index contributed by atoms with van der Waals surface area (Å²) in [5.74, 6) is -0.368. The highest BCUT2D eigenvalue weighted by molar-refractivity contribution is 8.19. The molecular formula is C18H15N3O5S2. The number of carbonyl (C=O) groups is 1. The van der Waals surface area contributed by atoms with Gasteiger partial charge in [-0.1, -0.05) is 18.2 Å². The molecule has 1 fully saturated rings. The van der Waals surface area contributed by atoms with Crippen LogP contribution in [0.3, 0.4) is 0 Å². The van der Waals surface area contributed by atoms with Crippen molar-refractivity contribution < 1.29 is 18.1 Å². The van der Waals surface area contributed by atoms with E-state index in [0.29, 0.717) is 5.56 Å². The molecule has 0 unspecified atom stereocenters. The van der Waals surface area contributed by atoms with Crippen LogP contribution in [-0.4, -0.2) is 35.9 Å². The zero-order valence-electron chi connectivity index (χ0n) is 14.7. The zero-order valence-corrected chi connectivity index (χ0v) is 16.3. The molecule has 0 saturated carbocycles. The highest BCUT2D eigenvalue weighted by Gasteiger charge is 2.34. The van der Waals surface area contributed by atoms with E-state index in [1.54, 1.807) is 31.2 Å². The van der Waals surface area contributed by atoms with Crippen LogP contribution in [0.5, 0.6) is 0 Å². The van der Waals surface area contributed by atoms with Crippen molar-refractivity contribution in [2.75, 3.05) is 6.54 Å². The van der Waals surface area contributed by atoms with Gasteiger partial charge < -0.3 is 0 Å². The topological polar surface area (TPSA) is 110 Å². The molecule has 10 heteroatoms. The molecule has 0 N–H and O–H groups in total. The van der Waals surface area contributed by atoms with Gasteiger partial charge in [-0.2, -0.15) is 8.42 Å². The summed E-state index contributed by atoms with van der Waals surface area (Å²) in [6.07, 6.45) is 1.55. The average molecular weight is 417 g/mol. The first-order chi connectivity index (χ1) is 13.3. The van der Waals surface area contributed by atoms with Crippen LogP contribution in [0.1, 0.15) is 12.5 Å². The number of sulfonamides is 1. The number of nitrogens with zero attached hydrogens (tertiary/aromatic N) is 3. The van der Waals surface area contributed by atoms with E-state index in [1.165, 1.54) is 41.3 Å². The largest absolute Gasteiger partial charge is 0.286 e. The molecular weight excluding hydrogens is 402 g/mol. The number of amides is 1. The highest BCUT2D eigenvalue weighted by Crippen LogP contribution is 2.33. The molecule has 0 atom stereocenters. The van der Waals surface area contributed by atoms with Gasteiger partial charge in [0, 0.05) is 18.7 Å². The van der Waals surface area contributed by atoms with Crippen LogP contribution in [-0.2, 0) is 14.8 Å². The molecule has 28 heavy (non-hydrogen) atoms. The number of hydrogen-bond acceptors (Lipinski definition) is 6. The van der Waals surface area contributed by atoms with Gasteiger partial charge in [0.2, 0.25) is 0 Å². The summed E-state index contributed by atoms with van der Waals surface area (Å²) in [5.41, 5.74) is 0.531. The van der Waals surface area contributed by atoms with Crippen LogP contribution in [0.15, 0.2) is 68.8 Å². The fourth-order valence-electron chi connectivity index (χ4n) is 2.45. The summed E-state index contributed by atoms with van der Waals surface area (Å²) in [6, 6.07) is 13.5. The number of nitro groups is 1. The number of carbonyl (C=O) groups excluding carboxylic acids is 1. The highest BCUT2D eigenvalue weighted by atomic mass is 32.2. The fourth-order valence-corrected chi connectivity index (χ4v) is 4.71. The third-order valence-electron chi connectivity index (χ3n) is 3.85. The molecule has 1 heterocycles. The summed E-state index contributed by atoms with van der Waals surface area (Å²) in [6.45, 7) is 1.98. The lowest BCUT2D eigenvalue weighted by molar-refractivity contribution is -0.384. The first-order valence-corrected chi connectivity index (χ1v) is 10.4. The van der Waals surface area contributed by atoms with Gasteiger partial charge in [0.1, 0.15) is 0 Å². The SMILES string of the molecule is CCN1C(=O)C(=Cc2ccc([N+](=O)[O-])cc2)SC1=NS(=O)(=O)c1ccccc1. The second kappa shape index (κ2) is 7.95. The van der Waals surface area contributed by atoms with Crippen LogP contribution < -0.4 is 0 Å². The van der Waals surface area contributed by atoms with Gasteiger partial charge in [-0.25, -0.2) is 0 Å². The summed E-state index contributed by atoms with van der Waals surface area (Å²) in [5, 5.41) is 10.8. The Morgan fingerprint density at radius 1 is 1.14 bits per heavy atom. The van der Waals surface area contributed by atoms with E-state index >= 15 is 0 Å². The predicted molar refractivity (Wildman–Crippen MR) is 107 cm³/mol. The minimum absolute atomic E-state index is 0.0411. The molecule has 3 rings (SSSR count). The lowest BCUT2D eigenvalue weighted by atomic mass is 10.2. The van der Waals surface area contributed by atoms with Crippen LogP contribution >= 0.6 is 11.8 Å². The molecule has 1 aliphatic heterocycles. The van der Waals surface area contributed by atoms with Crippen molar-refractivity contribution in [3.63, 3.8) is 0 Å². The van der Waals surface area contributed by atoms with Crippen LogP contribution in [0.4, 0.5) is 5.69 Å². The molecule has 0 spiro atoms. The molecule has 1 aliphatic rings. The Kier molecular flexibility index (Phi) is 5.61. The normalized spacial score (nSPS) is 17.5. The molecule has 144 valence electrons. The Morgan fingerprint density at radius 2 is 1.79 bits per heavy atom. The first kappa shape index (κ1) is 19.8. The van der Waals surface area contributed by atoms with E-state index in [4.69, 9.17) is 0 Å². The quantitative estimate of drug-likeness (QED) is 0.419. The van der Waals surface area contributed by atoms with E-state index in [1.807, 2.05) is 0 Å². The minimum Gasteiger partial charge on any atom is -0.286 e. The number of hydrogen-bond donors (Lipinski definition) is 0. The third kappa shape index (κ3) is 4.12. The van der Waals surface area contributed by atoms with Gasteiger partial charge in [-0.15, -0.1) is 4.40 Å². The van der Waals surface area contributed by atoms with Gasteiger partial charge in [0.25, 0.3) is 21.6 Å². The van der Waals surface area contributed by atoms with Crippen LogP contribution in [0.25, 0.3) is 6.08 Å². The second-order valence-corrected chi connectivity index (χ2v) is 8.28. The summed E-state index contributed by atoms with van der Waals surface area (Å²) < 4.78 is 28.8. The number of non-ortho nitro benzene ring substituents is 1. The van der Waals surface area contributed by atoms with Crippen molar-refractivity contribution in [1.29, 1.82) is 0 Å². The summed E-state index contributed by atoms with van der Waals surface area (Å²) >= 11 is 0.953. The van der Waals surface area contributed by atoms with Crippen molar-refractivity contribution in [2.45, 2.75) is 11.8 Å². The maximum absolute atomic E-state index is 12.6. The molecule has 0 radical (unpaired) electrons. The molecule has 0 bridgehead atoms. The van der Waals surface area contributed by atoms with Gasteiger partial charge in [-0.05, 0) is 54.6 Å². The average Bonchev–Trinajstić information content (AvgIpc) is 2.96. The molecule has 0 aromatic heterocycles. The Labute approximate surface area is 165 Å². The van der Waals surface area contributed by atoms with Gasteiger partial charge in [0.15, 0.2) is 5.17 Å². The van der Waals surface area contributed by atoms with E-state index in [0.717, 1.165) is 11.8 Å². The van der Waals surface area contributed by atoms with E-state index in [2.05, 4.69) is 4.40 Å². The van der Waals surface area contributed by atoms with Crippen molar-refractivity contribution in [2.24, 2.45) is 4.40 Å². The van der Waals surface area contributed by atoms with Crippen molar-refractivity contribution in [1.82, 2.24) is 4.90 Å². The Balaban J connectivity index is 1.93. The predicted octanol–water partition coefficient (Wildman–Crippen LogP) is 3.28. The van der Waals surface area contributed by atoms with Crippen LogP contribution in [0, 0.1) is 10.1 Å². The van der Waals surface area contributed by atoms with E-state index in [9.17, 15) is 23.3 Å². The van der Waals surface area contributed by atoms with Crippen molar-refractivity contribution in [3.8, 4) is 0 Å². The molecule has 2 aromatic carbocycles. The summed E-state index contributed by atoms with van der Waals surface area (Å²) in [4.78, 5) is 24.4. The van der Waals surface area contributed by atoms with Crippen molar-refractivity contribution in [3.05, 3.63) is 75.2 Å². The fraction of sp³-hybridized carbons (Fsp3) is 0.111. The molecule has 1 amide bonds. The Bertz CT molecular complexity index is 1080. The Hall–Kier alpha value is -2.98. The number of thioether (sulfide) groups is 1. The molecule has 2 aromatic rings. The number of rotatable bonds is 5. The number of nitro benzene ring substituents is 1.